The second-order valence-corrected chi connectivity index (χ2v) is 7.45. The summed E-state index contributed by atoms with van der Waals surface area (Å²) in [5.41, 5.74) is 0. The number of hydrogen-bond acceptors (Lipinski definition) is 4. The molecule has 18 heavy (non-hydrogen) atoms. The van der Waals surface area contributed by atoms with E-state index in [1.165, 1.54) is 7.11 Å². The van der Waals surface area contributed by atoms with Crippen LogP contribution in [0.2, 0.25) is 0 Å². The predicted molar refractivity (Wildman–Crippen MR) is 67.3 cm³/mol. The molecule has 2 aliphatic carbocycles. The summed E-state index contributed by atoms with van der Waals surface area (Å²) in [5.74, 6) is 0.192. The summed E-state index contributed by atoms with van der Waals surface area (Å²) in [6, 6.07) is 0. The second kappa shape index (κ2) is 5.17. The van der Waals surface area contributed by atoms with E-state index < -0.39 is 27.2 Å². The van der Waals surface area contributed by atoms with E-state index in [9.17, 15) is 13.2 Å². The second-order valence-electron chi connectivity index (χ2n) is 5.47. The molecule has 1 N–H and O–H groups in total. The first-order valence-electron chi connectivity index (χ1n) is 6.52. The first-order valence-corrected chi connectivity index (χ1v) is 8.06. The van der Waals surface area contributed by atoms with Crippen molar-refractivity contribution in [2.75, 3.05) is 13.7 Å². The van der Waals surface area contributed by atoms with Gasteiger partial charge in [-0.05, 0) is 31.1 Å². The minimum absolute atomic E-state index is 0.400. The smallest absolute Gasteiger partial charge is 0.310 e. The van der Waals surface area contributed by atoms with E-state index in [0.29, 0.717) is 31.2 Å². The molecule has 0 radical (unpaired) electrons. The minimum Gasteiger partial charge on any atom is -0.469 e. The van der Waals surface area contributed by atoms with E-state index >= 15 is 0 Å². The van der Waals surface area contributed by atoms with Gasteiger partial charge in [0.2, 0.25) is 10.0 Å². The molecule has 0 saturated heterocycles. The monoisotopic (exact) mass is 275 g/mol. The van der Waals surface area contributed by atoms with Gasteiger partial charge in [0.1, 0.15) is 0 Å². The summed E-state index contributed by atoms with van der Waals surface area (Å²) in [6.45, 7) is 2.62. The molecule has 0 aromatic carbocycles. The van der Waals surface area contributed by atoms with Gasteiger partial charge in [0, 0.05) is 6.54 Å². The van der Waals surface area contributed by atoms with Gasteiger partial charge in [-0.2, -0.15) is 0 Å². The highest BCUT2D eigenvalue weighted by Gasteiger charge is 2.43. The number of nitrogens with one attached hydrogen (secondary N) is 1. The molecule has 4 unspecified atom stereocenters. The Hall–Kier alpha value is -0.620. The van der Waals surface area contributed by atoms with Gasteiger partial charge < -0.3 is 4.74 Å². The molecule has 6 heteroatoms. The van der Waals surface area contributed by atoms with E-state index in [1.54, 1.807) is 0 Å². The van der Waals surface area contributed by atoms with Crippen molar-refractivity contribution in [3.8, 4) is 0 Å². The molecule has 104 valence electrons. The van der Waals surface area contributed by atoms with Crippen molar-refractivity contribution in [3.63, 3.8) is 0 Å². The van der Waals surface area contributed by atoms with E-state index in [1.807, 2.05) is 0 Å². The third kappa shape index (κ3) is 2.85. The van der Waals surface area contributed by atoms with Crippen LogP contribution in [0.5, 0.6) is 0 Å². The molecular formula is C12H21NO4S. The van der Waals surface area contributed by atoms with Gasteiger partial charge in [-0.3, -0.25) is 4.79 Å². The lowest BCUT2D eigenvalue weighted by atomic mass is 10.1. The van der Waals surface area contributed by atoms with Crippen molar-refractivity contribution in [1.29, 1.82) is 0 Å². The summed E-state index contributed by atoms with van der Waals surface area (Å²) in [7, 11) is -2.08. The number of carbonyl (C=O) groups is 1. The molecule has 2 saturated carbocycles. The van der Waals surface area contributed by atoms with Crippen molar-refractivity contribution in [3.05, 3.63) is 0 Å². The lowest BCUT2D eigenvalue weighted by Crippen LogP contribution is -2.40. The molecule has 0 amide bonds. The first-order chi connectivity index (χ1) is 8.45. The molecule has 0 aromatic rings. The van der Waals surface area contributed by atoms with Gasteiger partial charge in [0.05, 0.1) is 18.3 Å². The third-order valence-corrected chi connectivity index (χ3v) is 6.11. The fraction of sp³-hybridized carbons (Fsp3) is 0.917. The van der Waals surface area contributed by atoms with Gasteiger partial charge >= 0.3 is 5.97 Å². The fourth-order valence-electron chi connectivity index (χ4n) is 2.73. The van der Waals surface area contributed by atoms with Crippen LogP contribution in [-0.4, -0.2) is 33.3 Å². The minimum atomic E-state index is -3.39. The molecule has 0 heterocycles. The molecule has 2 fully saturated rings. The standard InChI is InChI=1S/C12H21NO4S/c1-8-6-9(8)7-13-18(15,16)11-5-3-4-10(11)12(14)17-2/h8-11,13H,3-7H2,1-2H3. The number of hydrogen-bond donors (Lipinski definition) is 1. The van der Waals surface area contributed by atoms with E-state index in [2.05, 4.69) is 16.4 Å². The van der Waals surface area contributed by atoms with Crippen molar-refractivity contribution >= 4 is 16.0 Å². The first kappa shape index (κ1) is 13.8. The van der Waals surface area contributed by atoms with Gasteiger partial charge in [0.25, 0.3) is 0 Å². The van der Waals surface area contributed by atoms with Crippen LogP contribution in [0.4, 0.5) is 0 Å². The molecule has 0 spiro atoms. The Morgan fingerprint density at radius 3 is 2.61 bits per heavy atom. The Kier molecular flexibility index (Phi) is 3.96. The highest BCUT2D eigenvalue weighted by atomic mass is 32.2. The molecule has 0 aromatic heterocycles. The van der Waals surface area contributed by atoms with Gasteiger partial charge in [0.15, 0.2) is 0 Å². The zero-order valence-corrected chi connectivity index (χ0v) is 11.7. The maximum atomic E-state index is 12.2. The number of esters is 1. The largest absolute Gasteiger partial charge is 0.469 e. The topological polar surface area (TPSA) is 72.5 Å². The molecule has 2 aliphatic rings. The summed E-state index contributed by atoms with van der Waals surface area (Å²) < 4.78 is 31.7. The van der Waals surface area contributed by atoms with Crippen LogP contribution in [-0.2, 0) is 19.6 Å². The Balaban J connectivity index is 1.97. The third-order valence-electron chi connectivity index (χ3n) is 4.18. The zero-order chi connectivity index (χ0) is 13.3. The maximum Gasteiger partial charge on any atom is 0.310 e. The molecule has 4 atom stereocenters. The fourth-order valence-corrected chi connectivity index (χ4v) is 4.55. The molecular weight excluding hydrogens is 254 g/mol. The highest BCUT2D eigenvalue weighted by molar-refractivity contribution is 7.90. The maximum absolute atomic E-state index is 12.2. The number of carbonyl (C=O) groups excluding carboxylic acids is 1. The lowest BCUT2D eigenvalue weighted by Gasteiger charge is -2.18. The lowest BCUT2D eigenvalue weighted by molar-refractivity contribution is -0.145. The van der Waals surface area contributed by atoms with Crippen LogP contribution in [0.25, 0.3) is 0 Å². The predicted octanol–water partition coefficient (Wildman–Crippen LogP) is 0.903. The number of ether oxygens (including phenoxy) is 1. The Bertz CT molecular complexity index is 420. The quantitative estimate of drug-likeness (QED) is 0.757. The van der Waals surface area contributed by atoms with Crippen molar-refractivity contribution in [2.24, 2.45) is 17.8 Å². The number of methoxy groups -OCH3 is 1. The summed E-state index contributed by atoms with van der Waals surface area (Å²) in [5, 5.41) is -0.612. The van der Waals surface area contributed by atoms with Crippen LogP contribution >= 0.6 is 0 Å². The van der Waals surface area contributed by atoms with E-state index in [4.69, 9.17) is 0 Å². The van der Waals surface area contributed by atoms with Gasteiger partial charge in [-0.15, -0.1) is 0 Å². The SMILES string of the molecule is COC(=O)C1CCCC1S(=O)(=O)NCC1CC1C. The van der Waals surface area contributed by atoms with Crippen LogP contribution in [0.15, 0.2) is 0 Å². The Morgan fingerprint density at radius 1 is 1.39 bits per heavy atom. The molecule has 0 aliphatic heterocycles. The number of rotatable bonds is 5. The van der Waals surface area contributed by atoms with Gasteiger partial charge in [-0.25, -0.2) is 13.1 Å². The zero-order valence-electron chi connectivity index (χ0n) is 10.9. The van der Waals surface area contributed by atoms with Crippen molar-refractivity contribution in [1.82, 2.24) is 4.72 Å². The summed E-state index contributed by atoms with van der Waals surface area (Å²) >= 11 is 0. The van der Waals surface area contributed by atoms with Crippen LogP contribution in [0, 0.1) is 17.8 Å². The van der Waals surface area contributed by atoms with Crippen LogP contribution in [0.3, 0.4) is 0 Å². The van der Waals surface area contributed by atoms with E-state index in [0.717, 1.165) is 12.8 Å². The average molecular weight is 275 g/mol. The van der Waals surface area contributed by atoms with Crippen LogP contribution in [0.1, 0.15) is 32.6 Å². The molecule has 0 bridgehead atoms. The Morgan fingerprint density at radius 2 is 2.06 bits per heavy atom. The average Bonchev–Trinajstić information content (AvgIpc) is 2.82. The molecule has 5 nitrogen and oxygen atoms in total. The summed E-state index contributed by atoms with van der Waals surface area (Å²) in [6.07, 6.45) is 3.02. The normalized spacial score (nSPS) is 35.4. The van der Waals surface area contributed by atoms with Crippen LogP contribution < -0.4 is 4.72 Å². The van der Waals surface area contributed by atoms with Gasteiger partial charge in [-0.1, -0.05) is 13.3 Å². The van der Waals surface area contributed by atoms with E-state index in [-0.39, 0.29) is 0 Å². The molecule has 2 rings (SSSR count). The van der Waals surface area contributed by atoms with Crippen molar-refractivity contribution in [2.45, 2.75) is 37.9 Å². The summed E-state index contributed by atoms with van der Waals surface area (Å²) in [4.78, 5) is 11.6. The van der Waals surface area contributed by atoms with Crippen molar-refractivity contribution < 1.29 is 17.9 Å². The highest BCUT2D eigenvalue weighted by Crippen LogP contribution is 2.37. The number of sulfonamides is 1. The Labute approximate surface area is 108 Å².